The van der Waals surface area contributed by atoms with Crippen molar-refractivity contribution < 1.29 is 4.79 Å². The van der Waals surface area contributed by atoms with Gasteiger partial charge in [0.15, 0.2) is 0 Å². The fraction of sp³-hybridized carbons (Fsp3) is 0.400. The van der Waals surface area contributed by atoms with Crippen LogP contribution in [0.2, 0.25) is 0 Å². The summed E-state index contributed by atoms with van der Waals surface area (Å²) in [6.45, 7) is 7.81. The van der Waals surface area contributed by atoms with Gasteiger partial charge in [-0.05, 0) is 30.0 Å². The van der Waals surface area contributed by atoms with Gasteiger partial charge in [0.25, 0.3) is 5.91 Å². The smallest absolute Gasteiger partial charge is 0.269 e. The van der Waals surface area contributed by atoms with E-state index >= 15 is 0 Å². The van der Waals surface area contributed by atoms with Gasteiger partial charge in [-0.1, -0.05) is 39.0 Å². The van der Waals surface area contributed by atoms with E-state index < -0.39 is 0 Å². The monoisotopic (exact) mass is 338 g/mol. The highest BCUT2D eigenvalue weighted by Crippen LogP contribution is 2.21. The van der Waals surface area contributed by atoms with Crippen molar-refractivity contribution in [3.8, 4) is 0 Å². The van der Waals surface area contributed by atoms with Gasteiger partial charge in [0.05, 0.1) is 5.69 Å². The second-order valence-electron chi connectivity index (χ2n) is 7.47. The molecule has 1 amide bonds. The maximum absolute atomic E-state index is 12.4. The highest BCUT2D eigenvalue weighted by atomic mass is 16.2. The first-order valence-corrected chi connectivity index (χ1v) is 8.73. The van der Waals surface area contributed by atoms with Crippen molar-refractivity contribution in [1.82, 2.24) is 19.7 Å². The van der Waals surface area contributed by atoms with E-state index in [4.69, 9.17) is 0 Å². The number of aromatic nitrogens is 3. The van der Waals surface area contributed by atoms with Gasteiger partial charge in [-0.15, -0.1) is 0 Å². The van der Waals surface area contributed by atoms with Crippen LogP contribution in [0.25, 0.3) is 10.9 Å². The summed E-state index contributed by atoms with van der Waals surface area (Å²) in [4.78, 5) is 12.4. The minimum atomic E-state index is -0.0668. The van der Waals surface area contributed by atoms with Crippen LogP contribution in [0.3, 0.4) is 0 Å². The number of rotatable bonds is 5. The van der Waals surface area contributed by atoms with E-state index in [1.807, 2.05) is 19.2 Å². The molecule has 0 fully saturated rings. The zero-order valence-corrected chi connectivity index (χ0v) is 15.4. The normalized spacial score (nSPS) is 11.8. The maximum Gasteiger partial charge on any atom is 0.269 e. The first kappa shape index (κ1) is 17.3. The summed E-state index contributed by atoms with van der Waals surface area (Å²) in [5, 5.41) is 8.71. The number of nitrogens with zero attached hydrogens (tertiary/aromatic N) is 3. The quantitative estimate of drug-likeness (QED) is 0.724. The van der Waals surface area contributed by atoms with E-state index in [0.717, 1.165) is 18.7 Å². The zero-order chi connectivity index (χ0) is 18.0. The molecular weight excluding hydrogens is 312 g/mol. The fourth-order valence-corrected chi connectivity index (χ4v) is 2.92. The zero-order valence-electron chi connectivity index (χ0n) is 15.4. The molecule has 0 saturated heterocycles. The Kier molecular flexibility index (Phi) is 4.66. The molecule has 1 N–H and O–H groups in total. The number of fused-ring (bicyclic) bond motifs is 1. The van der Waals surface area contributed by atoms with Gasteiger partial charge in [0, 0.05) is 37.3 Å². The summed E-state index contributed by atoms with van der Waals surface area (Å²) in [7, 11) is 1.82. The third-order valence-electron chi connectivity index (χ3n) is 4.42. The van der Waals surface area contributed by atoms with Crippen LogP contribution in [0, 0.1) is 0 Å². The number of carbonyl (C=O) groups excluding carboxylic acids is 1. The van der Waals surface area contributed by atoms with Gasteiger partial charge >= 0.3 is 0 Å². The van der Waals surface area contributed by atoms with Crippen molar-refractivity contribution in [2.75, 3.05) is 6.54 Å². The molecule has 132 valence electrons. The number of benzene rings is 1. The third-order valence-corrected chi connectivity index (χ3v) is 4.42. The van der Waals surface area contributed by atoms with Gasteiger partial charge in [-0.3, -0.25) is 9.48 Å². The van der Waals surface area contributed by atoms with Crippen LogP contribution in [0.15, 0.2) is 42.6 Å². The standard InChI is InChI=1S/C20H26N4O/c1-20(2,3)18-14-17(23(4)22-18)19(25)21-11-7-12-24-13-10-15-8-5-6-9-16(15)24/h5-6,8-10,13-14H,7,11-12H2,1-4H3,(H,21,25). The van der Waals surface area contributed by atoms with E-state index in [0.29, 0.717) is 12.2 Å². The molecule has 0 aliphatic rings. The summed E-state index contributed by atoms with van der Waals surface area (Å²) in [5.74, 6) is -0.0668. The molecule has 0 spiro atoms. The van der Waals surface area contributed by atoms with Crippen molar-refractivity contribution in [2.45, 2.75) is 39.2 Å². The minimum absolute atomic E-state index is 0.0637. The number of nitrogens with one attached hydrogen (secondary N) is 1. The Balaban J connectivity index is 1.56. The lowest BCUT2D eigenvalue weighted by atomic mass is 9.92. The average Bonchev–Trinajstić information content (AvgIpc) is 3.15. The van der Waals surface area contributed by atoms with E-state index in [2.05, 4.69) is 66.2 Å². The predicted molar refractivity (Wildman–Crippen MR) is 101 cm³/mol. The molecule has 2 aromatic heterocycles. The van der Waals surface area contributed by atoms with Gasteiger partial charge in [-0.2, -0.15) is 5.10 Å². The minimum Gasteiger partial charge on any atom is -0.351 e. The van der Waals surface area contributed by atoms with Crippen molar-refractivity contribution in [3.63, 3.8) is 0 Å². The number of carbonyl (C=O) groups is 1. The Morgan fingerprint density at radius 3 is 2.68 bits per heavy atom. The summed E-state index contributed by atoms with van der Waals surface area (Å²) >= 11 is 0. The van der Waals surface area contributed by atoms with Crippen LogP contribution in [-0.4, -0.2) is 26.8 Å². The van der Waals surface area contributed by atoms with Gasteiger partial charge in [-0.25, -0.2) is 0 Å². The topological polar surface area (TPSA) is 51.9 Å². The first-order chi connectivity index (χ1) is 11.9. The van der Waals surface area contributed by atoms with E-state index in [9.17, 15) is 4.79 Å². The fourth-order valence-electron chi connectivity index (χ4n) is 2.92. The molecule has 2 heterocycles. The molecule has 0 aliphatic carbocycles. The molecule has 0 bridgehead atoms. The number of hydrogen-bond donors (Lipinski definition) is 1. The Labute approximate surface area is 148 Å². The lowest BCUT2D eigenvalue weighted by Gasteiger charge is -2.13. The molecule has 0 unspecified atom stereocenters. The largest absolute Gasteiger partial charge is 0.351 e. The van der Waals surface area contributed by atoms with Crippen molar-refractivity contribution in [3.05, 3.63) is 54.0 Å². The first-order valence-electron chi connectivity index (χ1n) is 8.73. The second-order valence-corrected chi connectivity index (χ2v) is 7.47. The predicted octanol–water partition coefficient (Wildman–Crippen LogP) is 3.49. The van der Waals surface area contributed by atoms with Crippen LogP contribution in [0.1, 0.15) is 43.4 Å². The van der Waals surface area contributed by atoms with Crippen LogP contribution in [-0.2, 0) is 19.0 Å². The highest BCUT2D eigenvalue weighted by molar-refractivity contribution is 5.92. The summed E-state index contributed by atoms with van der Waals surface area (Å²) < 4.78 is 3.89. The molecule has 5 nitrogen and oxygen atoms in total. The molecule has 0 radical (unpaired) electrons. The summed E-state index contributed by atoms with van der Waals surface area (Å²) in [6.07, 6.45) is 2.98. The lowest BCUT2D eigenvalue weighted by Crippen LogP contribution is -2.27. The number of amides is 1. The Bertz CT molecular complexity index is 883. The molecule has 0 aliphatic heterocycles. The summed E-state index contributed by atoms with van der Waals surface area (Å²) in [6, 6.07) is 12.3. The molecule has 1 aromatic carbocycles. The lowest BCUT2D eigenvalue weighted by molar-refractivity contribution is 0.0943. The van der Waals surface area contributed by atoms with Gasteiger partial charge in [0.2, 0.25) is 0 Å². The number of hydrogen-bond acceptors (Lipinski definition) is 2. The van der Waals surface area contributed by atoms with Crippen LogP contribution in [0.5, 0.6) is 0 Å². The maximum atomic E-state index is 12.4. The van der Waals surface area contributed by atoms with Crippen LogP contribution < -0.4 is 5.32 Å². The molecule has 3 aromatic rings. The Morgan fingerprint density at radius 1 is 1.20 bits per heavy atom. The molecular formula is C20H26N4O. The number of aryl methyl sites for hydroxylation is 2. The molecule has 3 rings (SSSR count). The molecule has 25 heavy (non-hydrogen) atoms. The molecule has 0 atom stereocenters. The van der Waals surface area contributed by atoms with Gasteiger partial charge in [0.1, 0.15) is 5.69 Å². The highest BCUT2D eigenvalue weighted by Gasteiger charge is 2.21. The van der Waals surface area contributed by atoms with Crippen molar-refractivity contribution in [2.24, 2.45) is 7.05 Å². The molecule has 5 heteroatoms. The van der Waals surface area contributed by atoms with E-state index in [1.165, 1.54) is 10.9 Å². The van der Waals surface area contributed by atoms with Crippen LogP contribution in [0.4, 0.5) is 0 Å². The van der Waals surface area contributed by atoms with E-state index in [-0.39, 0.29) is 11.3 Å². The van der Waals surface area contributed by atoms with Gasteiger partial charge < -0.3 is 9.88 Å². The van der Waals surface area contributed by atoms with Crippen LogP contribution >= 0.6 is 0 Å². The Hall–Kier alpha value is -2.56. The third kappa shape index (κ3) is 3.76. The van der Waals surface area contributed by atoms with Crippen molar-refractivity contribution in [1.29, 1.82) is 0 Å². The SMILES string of the molecule is Cn1nc(C(C)(C)C)cc1C(=O)NCCCn1ccc2ccccc21. The average molecular weight is 338 g/mol. The summed E-state index contributed by atoms with van der Waals surface area (Å²) in [5.41, 5.74) is 2.71. The Morgan fingerprint density at radius 2 is 1.96 bits per heavy atom. The molecule has 0 saturated carbocycles. The number of para-hydroxylation sites is 1. The van der Waals surface area contributed by atoms with E-state index in [1.54, 1.807) is 4.68 Å². The van der Waals surface area contributed by atoms with Crippen molar-refractivity contribution >= 4 is 16.8 Å². The second kappa shape index (κ2) is 6.75.